The van der Waals surface area contributed by atoms with Gasteiger partial charge in [-0.25, -0.2) is 0 Å². The maximum absolute atomic E-state index is 12.6. The van der Waals surface area contributed by atoms with Gasteiger partial charge in [0.1, 0.15) is 0 Å². The molecule has 118 valence electrons. The van der Waals surface area contributed by atoms with Gasteiger partial charge in [-0.3, -0.25) is 4.79 Å². The van der Waals surface area contributed by atoms with E-state index in [0.29, 0.717) is 6.54 Å². The predicted molar refractivity (Wildman–Crippen MR) is 85.6 cm³/mol. The van der Waals surface area contributed by atoms with Crippen molar-refractivity contribution < 1.29 is 9.90 Å². The first kappa shape index (κ1) is 14.3. The quantitative estimate of drug-likeness (QED) is 0.901. The Labute approximate surface area is 132 Å². The fourth-order valence-electron chi connectivity index (χ4n) is 4.76. The highest BCUT2D eigenvalue weighted by Gasteiger charge is 2.60. The molecule has 1 amide bonds. The van der Waals surface area contributed by atoms with Crippen LogP contribution in [0.5, 0.6) is 0 Å². The summed E-state index contributed by atoms with van der Waals surface area (Å²) in [4.78, 5) is 12.6. The van der Waals surface area contributed by atoms with Crippen molar-refractivity contribution in [3.05, 3.63) is 35.4 Å². The highest BCUT2D eigenvalue weighted by Crippen LogP contribution is 2.60. The molecule has 0 saturated heterocycles. The average Bonchev–Trinajstić information content (AvgIpc) is 3.08. The molecule has 0 aromatic heterocycles. The smallest absolute Gasteiger partial charge is 0.224 e. The normalized spacial score (nSPS) is 31.8. The summed E-state index contributed by atoms with van der Waals surface area (Å²) in [6, 6.07) is 8.63. The lowest BCUT2D eigenvalue weighted by atomic mass is 9.78. The molecule has 4 rings (SSSR count). The minimum Gasteiger partial charge on any atom is -0.388 e. The Balaban J connectivity index is 1.44. The van der Waals surface area contributed by atoms with Crippen LogP contribution in [-0.4, -0.2) is 23.2 Å². The summed E-state index contributed by atoms with van der Waals surface area (Å²) >= 11 is 0. The van der Waals surface area contributed by atoms with Crippen molar-refractivity contribution in [3.63, 3.8) is 0 Å². The molecule has 1 spiro atoms. The molecule has 3 nitrogen and oxygen atoms in total. The van der Waals surface area contributed by atoms with E-state index >= 15 is 0 Å². The van der Waals surface area contributed by atoms with Gasteiger partial charge in [-0.1, -0.05) is 37.1 Å². The molecular weight excluding hydrogens is 274 g/mol. The van der Waals surface area contributed by atoms with E-state index in [9.17, 15) is 9.90 Å². The van der Waals surface area contributed by atoms with Gasteiger partial charge in [0.2, 0.25) is 5.91 Å². The Hall–Kier alpha value is -1.35. The second-order valence-corrected chi connectivity index (χ2v) is 7.57. The number of carbonyl (C=O) groups is 1. The van der Waals surface area contributed by atoms with E-state index in [2.05, 4.69) is 29.6 Å². The van der Waals surface area contributed by atoms with E-state index in [-0.39, 0.29) is 17.2 Å². The summed E-state index contributed by atoms with van der Waals surface area (Å²) < 4.78 is 0. The number of amides is 1. The summed E-state index contributed by atoms with van der Waals surface area (Å²) in [6.45, 7) is 0.431. The third-order valence-corrected chi connectivity index (χ3v) is 6.14. The molecule has 2 unspecified atom stereocenters. The standard InChI is InChI=1S/C19H25NO2/c21-17(20-13-18(22)9-3-4-10-18)16-12-19(16)11-5-7-14-6-1-2-8-15(14)19/h1-2,6,8,16,22H,3-5,7,9-13H2,(H,20,21). The molecule has 1 aromatic rings. The largest absolute Gasteiger partial charge is 0.388 e. The SMILES string of the molecule is O=C(NCC1(O)CCCC1)C1CC12CCCc1ccccc12. The third kappa shape index (κ3) is 2.26. The van der Waals surface area contributed by atoms with Gasteiger partial charge in [0.15, 0.2) is 0 Å². The third-order valence-electron chi connectivity index (χ3n) is 6.14. The van der Waals surface area contributed by atoms with Gasteiger partial charge < -0.3 is 10.4 Å². The van der Waals surface area contributed by atoms with Crippen molar-refractivity contribution in [2.75, 3.05) is 6.54 Å². The molecule has 0 heterocycles. The first-order chi connectivity index (χ1) is 10.6. The second kappa shape index (κ2) is 5.09. The Bertz CT molecular complexity index is 591. The summed E-state index contributed by atoms with van der Waals surface area (Å²) in [7, 11) is 0. The maximum atomic E-state index is 12.6. The molecule has 2 N–H and O–H groups in total. The summed E-state index contributed by atoms with van der Waals surface area (Å²) in [5, 5.41) is 13.4. The lowest BCUT2D eigenvalue weighted by molar-refractivity contribution is -0.124. The minimum absolute atomic E-state index is 0.0945. The lowest BCUT2D eigenvalue weighted by Crippen LogP contribution is -2.42. The van der Waals surface area contributed by atoms with E-state index in [0.717, 1.165) is 44.9 Å². The molecule has 2 saturated carbocycles. The summed E-state index contributed by atoms with van der Waals surface area (Å²) in [5.41, 5.74) is 2.28. The zero-order chi connectivity index (χ0) is 15.2. The van der Waals surface area contributed by atoms with Crippen molar-refractivity contribution >= 4 is 5.91 Å². The van der Waals surface area contributed by atoms with Crippen molar-refractivity contribution in [1.82, 2.24) is 5.32 Å². The highest BCUT2D eigenvalue weighted by molar-refractivity contribution is 5.84. The van der Waals surface area contributed by atoms with Crippen LogP contribution < -0.4 is 5.32 Å². The Kier molecular flexibility index (Phi) is 3.30. The fraction of sp³-hybridized carbons (Fsp3) is 0.632. The van der Waals surface area contributed by atoms with Crippen LogP contribution in [-0.2, 0) is 16.6 Å². The minimum atomic E-state index is -0.651. The highest BCUT2D eigenvalue weighted by atomic mass is 16.3. The van der Waals surface area contributed by atoms with Gasteiger partial charge in [-0.15, -0.1) is 0 Å². The molecule has 3 aliphatic carbocycles. The summed E-state index contributed by atoms with van der Waals surface area (Å²) in [5.74, 6) is 0.260. The van der Waals surface area contributed by atoms with Crippen LogP contribution in [0.15, 0.2) is 24.3 Å². The van der Waals surface area contributed by atoms with Crippen molar-refractivity contribution in [2.45, 2.75) is 62.4 Å². The van der Waals surface area contributed by atoms with E-state index in [1.54, 1.807) is 0 Å². The molecule has 1 aromatic carbocycles. The second-order valence-electron chi connectivity index (χ2n) is 7.57. The molecule has 3 aliphatic rings. The van der Waals surface area contributed by atoms with Crippen molar-refractivity contribution in [1.29, 1.82) is 0 Å². The predicted octanol–water partition coefficient (Wildman–Crippen LogP) is 2.70. The van der Waals surface area contributed by atoms with Gasteiger partial charge in [-0.05, 0) is 49.7 Å². The van der Waals surface area contributed by atoms with E-state index in [4.69, 9.17) is 0 Å². The topological polar surface area (TPSA) is 49.3 Å². The first-order valence-corrected chi connectivity index (χ1v) is 8.72. The van der Waals surface area contributed by atoms with Crippen LogP contribution in [0.1, 0.15) is 56.1 Å². The number of fused-ring (bicyclic) bond motifs is 2. The Morgan fingerprint density at radius 2 is 1.95 bits per heavy atom. The molecule has 2 atom stereocenters. The molecule has 2 fully saturated rings. The molecule has 0 radical (unpaired) electrons. The van der Waals surface area contributed by atoms with Gasteiger partial charge >= 0.3 is 0 Å². The molecule has 0 bridgehead atoms. The van der Waals surface area contributed by atoms with Crippen LogP contribution in [0.2, 0.25) is 0 Å². The van der Waals surface area contributed by atoms with E-state index < -0.39 is 5.60 Å². The molecule has 22 heavy (non-hydrogen) atoms. The monoisotopic (exact) mass is 299 g/mol. The van der Waals surface area contributed by atoms with Crippen LogP contribution >= 0.6 is 0 Å². The number of benzene rings is 1. The van der Waals surface area contributed by atoms with Crippen LogP contribution in [0.25, 0.3) is 0 Å². The number of hydrogen-bond donors (Lipinski definition) is 2. The van der Waals surface area contributed by atoms with Crippen LogP contribution in [0.4, 0.5) is 0 Å². The number of rotatable bonds is 3. The van der Waals surface area contributed by atoms with E-state index in [1.165, 1.54) is 17.5 Å². The van der Waals surface area contributed by atoms with Crippen LogP contribution in [0.3, 0.4) is 0 Å². The zero-order valence-electron chi connectivity index (χ0n) is 13.1. The Morgan fingerprint density at radius 1 is 1.18 bits per heavy atom. The van der Waals surface area contributed by atoms with Crippen LogP contribution in [0, 0.1) is 5.92 Å². The number of aryl methyl sites for hydroxylation is 1. The number of nitrogens with one attached hydrogen (secondary N) is 1. The number of carbonyl (C=O) groups excluding carboxylic acids is 1. The zero-order valence-corrected chi connectivity index (χ0v) is 13.1. The number of aliphatic hydroxyl groups is 1. The van der Waals surface area contributed by atoms with Gasteiger partial charge in [0, 0.05) is 17.9 Å². The lowest BCUT2D eigenvalue weighted by Gasteiger charge is -2.27. The van der Waals surface area contributed by atoms with Crippen molar-refractivity contribution in [3.8, 4) is 0 Å². The molecule has 3 heteroatoms. The van der Waals surface area contributed by atoms with Gasteiger partial charge in [0.25, 0.3) is 0 Å². The molecular formula is C19H25NO2. The Morgan fingerprint density at radius 3 is 2.77 bits per heavy atom. The summed E-state index contributed by atoms with van der Waals surface area (Å²) in [6.07, 6.45) is 8.25. The average molecular weight is 299 g/mol. The van der Waals surface area contributed by atoms with Gasteiger partial charge in [-0.2, -0.15) is 0 Å². The molecule has 0 aliphatic heterocycles. The van der Waals surface area contributed by atoms with E-state index in [1.807, 2.05) is 0 Å². The maximum Gasteiger partial charge on any atom is 0.224 e. The van der Waals surface area contributed by atoms with Gasteiger partial charge in [0.05, 0.1) is 5.60 Å². The van der Waals surface area contributed by atoms with Crippen molar-refractivity contribution in [2.24, 2.45) is 5.92 Å². The number of hydrogen-bond acceptors (Lipinski definition) is 2. The first-order valence-electron chi connectivity index (χ1n) is 8.72. The fourth-order valence-corrected chi connectivity index (χ4v) is 4.76.